The summed E-state index contributed by atoms with van der Waals surface area (Å²) in [5, 5.41) is 24.7. The minimum Gasteiger partial charge on any atom is -0.394 e. The van der Waals surface area contributed by atoms with E-state index in [9.17, 15) is 10.2 Å². The Bertz CT molecular complexity index is 323. The van der Waals surface area contributed by atoms with Crippen LogP contribution in [0.3, 0.4) is 0 Å². The molecule has 2 rings (SSSR count). The van der Waals surface area contributed by atoms with Crippen LogP contribution >= 0.6 is 11.3 Å². The van der Waals surface area contributed by atoms with E-state index in [1.165, 1.54) is 0 Å². The van der Waals surface area contributed by atoms with Crippen LogP contribution in [0.4, 0.5) is 0 Å². The Labute approximate surface area is 105 Å². The second-order valence-corrected chi connectivity index (χ2v) is 5.44. The lowest BCUT2D eigenvalue weighted by Crippen LogP contribution is -2.53. The maximum atomic E-state index is 9.99. The molecule has 0 radical (unpaired) electrons. The van der Waals surface area contributed by atoms with Crippen molar-refractivity contribution in [1.82, 2.24) is 5.32 Å². The van der Waals surface area contributed by atoms with E-state index in [1.54, 1.807) is 11.3 Å². The van der Waals surface area contributed by atoms with E-state index in [4.69, 9.17) is 4.74 Å². The standard InChI is InChI=1S/C12H19NO3S/c14-9-12(3-5-16-6-4-12)13-8-10(15)11-2-1-7-17-11/h1-2,7,10,13-15H,3-6,8-9H2. The van der Waals surface area contributed by atoms with Crippen molar-refractivity contribution >= 4 is 11.3 Å². The molecule has 0 spiro atoms. The van der Waals surface area contributed by atoms with Gasteiger partial charge < -0.3 is 20.3 Å². The van der Waals surface area contributed by atoms with Crippen LogP contribution in [-0.4, -0.2) is 42.1 Å². The zero-order valence-electron chi connectivity index (χ0n) is 9.76. The van der Waals surface area contributed by atoms with Crippen LogP contribution in [0.15, 0.2) is 17.5 Å². The summed E-state index contributed by atoms with van der Waals surface area (Å²) in [7, 11) is 0. The minimum atomic E-state index is -0.499. The highest BCUT2D eigenvalue weighted by Crippen LogP contribution is 2.23. The first-order valence-corrected chi connectivity index (χ1v) is 6.79. The fourth-order valence-corrected chi connectivity index (χ4v) is 2.76. The predicted molar refractivity (Wildman–Crippen MR) is 67.2 cm³/mol. The molecule has 5 heteroatoms. The first kappa shape index (κ1) is 13.0. The molecule has 0 amide bonds. The second-order valence-electron chi connectivity index (χ2n) is 4.46. The molecule has 17 heavy (non-hydrogen) atoms. The quantitative estimate of drug-likeness (QED) is 0.734. The van der Waals surface area contributed by atoms with Gasteiger partial charge in [-0.05, 0) is 24.3 Å². The summed E-state index contributed by atoms with van der Waals surface area (Å²) in [6.45, 7) is 1.90. The maximum absolute atomic E-state index is 9.99. The number of β-amino-alcohol motifs (C(OH)–C–C–N with tert-alkyl or cyclic N) is 1. The van der Waals surface area contributed by atoms with Crippen LogP contribution in [0.5, 0.6) is 0 Å². The monoisotopic (exact) mass is 257 g/mol. The molecule has 1 aliphatic rings. The van der Waals surface area contributed by atoms with Gasteiger partial charge in [-0.25, -0.2) is 0 Å². The van der Waals surface area contributed by atoms with E-state index in [-0.39, 0.29) is 12.1 Å². The van der Waals surface area contributed by atoms with Gasteiger partial charge in [0.25, 0.3) is 0 Å². The Morgan fingerprint density at radius 2 is 2.24 bits per heavy atom. The Morgan fingerprint density at radius 1 is 1.47 bits per heavy atom. The summed E-state index contributed by atoms with van der Waals surface area (Å²) in [6, 6.07) is 3.85. The van der Waals surface area contributed by atoms with Crippen molar-refractivity contribution in [2.45, 2.75) is 24.5 Å². The molecular formula is C12H19NO3S. The van der Waals surface area contributed by atoms with Gasteiger partial charge in [-0.3, -0.25) is 0 Å². The van der Waals surface area contributed by atoms with Gasteiger partial charge >= 0.3 is 0 Å². The molecule has 1 aromatic rings. The molecule has 96 valence electrons. The third-order valence-electron chi connectivity index (χ3n) is 3.29. The number of ether oxygens (including phenoxy) is 1. The van der Waals surface area contributed by atoms with E-state index >= 15 is 0 Å². The predicted octanol–water partition coefficient (Wildman–Crippen LogP) is 0.913. The van der Waals surface area contributed by atoms with Crippen LogP contribution < -0.4 is 5.32 Å². The zero-order chi connectivity index (χ0) is 12.1. The first-order valence-electron chi connectivity index (χ1n) is 5.91. The molecule has 0 bridgehead atoms. The molecule has 1 unspecified atom stereocenters. The van der Waals surface area contributed by atoms with Crippen molar-refractivity contribution in [3.05, 3.63) is 22.4 Å². The lowest BCUT2D eigenvalue weighted by atomic mass is 9.91. The summed E-state index contributed by atoms with van der Waals surface area (Å²) < 4.78 is 5.29. The highest BCUT2D eigenvalue weighted by atomic mass is 32.1. The molecule has 4 nitrogen and oxygen atoms in total. The number of nitrogens with one attached hydrogen (secondary N) is 1. The van der Waals surface area contributed by atoms with Gasteiger partial charge in [-0.2, -0.15) is 0 Å². The highest BCUT2D eigenvalue weighted by Gasteiger charge is 2.31. The van der Waals surface area contributed by atoms with Crippen molar-refractivity contribution in [2.24, 2.45) is 0 Å². The van der Waals surface area contributed by atoms with Crippen molar-refractivity contribution in [1.29, 1.82) is 0 Å². The van der Waals surface area contributed by atoms with Gasteiger partial charge in [-0.1, -0.05) is 6.07 Å². The van der Waals surface area contributed by atoms with Crippen molar-refractivity contribution < 1.29 is 14.9 Å². The van der Waals surface area contributed by atoms with Gasteiger partial charge in [0, 0.05) is 30.2 Å². The van der Waals surface area contributed by atoms with Crippen molar-refractivity contribution in [2.75, 3.05) is 26.4 Å². The average molecular weight is 257 g/mol. The van der Waals surface area contributed by atoms with E-state index in [2.05, 4.69) is 5.32 Å². The van der Waals surface area contributed by atoms with Crippen molar-refractivity contribution in [3.8, 4) is 0 Å². The fraction of sp³-hybridized carbons (Fsp3) is 0.667. The number of thiophene rings is 1. The van der Waals surface area contributed by atoms with Gasteiger partial charge in [0.05, 0.1) is 6.61 Å². The smallest absolute Gasteiger partial charge is 0.101 e. The molecule has 1 saturated heterocycles. The zero-order valence-corrected chi connectivity index (χ0v) is 10.6. The summed E-state index contributed by atoms with van der Waals surface area (Å²) in [5.74, 6) is 0. The molecule has 3 N–H and O–H groups in total. The fourth-order valence-electron chi connectivity index (χ4n) is 2.05. The number of hydrogen-bond donors (Lipinski definition) is 3. The Kier molecular flexibility index (Phi) is 4.53. The summed E-state index contributed by atoms with van der Waals surface area (Å²) >= 11 is 1.55. The average Bonchev–Trinajstić information content (AvgIpc) is 2.91. The molecule has 1 aliphatic heterocycles. The number of aliphatic hydroxyl groups is 2. The minimum absolute atomic E-state index is 0.0908. The molecule has 1 atom stereocenters. The van der Waals surface area contributed by atoms with Crippen LogP contribution in [0.1, 0.15) is 23.8 Å². The van der Waals surface area contributed by atoms with E-state index < -0.39 is 6.10 Å². The molecule has 0 aromatic carbocycles. The molecule has 0 aliphatic carbocycles. The highest BCUT2D eigenvalue weighted by molar-refractivity contribution is 7.10. The number of aliphatic hydroxyl groups excluding tert-OH is 2. The summed E-state index contributed by atoms with van der Waals surface area (Å²) in [5.41, 5.74) is -0.281. The van der Waals surface area contributed by atoms with Crippen molar-refractivity contribution in [3.63, 3.8) is 0 Å². The Hall–Kier alpha value is -0.460. The van der Waals surface area contributed by atoms with E-state index in [0.29, 0.717) is 19.8 Å². The topological polar surface area (TPSA) is 61.7 Å². The lowest BCUT2D eigenvalue weighted by Gasteiger charge is -2.37. The molecule has 1 fully saturated rings. The summed E-state index contributed by atoms with van der Waals surface area (Å²) in [4.78, 5) is 0.956. The molecule has 1 aromatic heterocycles. The molecular weight excluding hydrogens is 238 g/mol. The second kappa shape index (κ2) is 5.93. The lowest BCUT2D eigenvalue weighted by molar-refractivity contribution is 0.00630. The van der Waals surface area contributed by atoms with Crippen LogP contribution in [0.25, 0.3) is 0 Å². The number of rotatable bonds is 5. The van der Waals surface area contributed by atoms with Crippen LogP contribution in [0.2, 0.25) is 0 Å². The Balaban J connectivity index is 1.87. The van der Waals surface area contributed by atoms with Gasteiger partial charge in [0.15, 0.2) is 0 Å². The summed E-state index contributed by atoms with van der Waals surface area (Å²) in [6.07, 6.45) is 1.09. The third-order valence-corrected chi connectivity index (χ3v) is 4.27. The van der Waals surface area contributed by atoms with Gasteiger partial charge in [0.1, 0.15) is 6.10 Å². The van der Waals surface area contributed by atoms with E-state index in [1.807, 2.05) is 17.5 Å². The van der Waals surface area contributed by atoms with E-state index in [0.717, 1.165) is 17.7 Å². The normalized spacial score (nSPS) is 21.3. The third kappa shape index (κ3) is 3.26. The largest absolute Gasteiger partial charge is 0.394 e. The first-order chi connectivity index (χ1) is 8.26. The molecule has 2 heterocycles. The maximum Gasteiger partial charge on any atom is 0.101 e. The van der Waals surface area contributed by atoms with Gasteiger partial charge in [-0.15, -0.1) is 11.3 Å². The van der Waals surface area contributed by atoms with Gasteiger partial charge in [0.2, 0.25) is 0 Å². The SMILES string of the molecule is OCC1(NCC(O)c2cccs2)CCOCC1. The van der Waals surface area contributed by atoms with Crippen LogP contribution in [-0.2, 0) is 4.74 Å². The molecule has 0 saturated carbocycles. The Morgan fingerprint density at radius 3 is 2.82 bits per heavy atom. The van der Waals surface area contributed by atoms with Crippen LogP contribution in [0, 0.1) is 0 Å². The number of hydrogen-bond acceptors (Lipinski definition) is 5.